The first kappa shape index (κ1) is 13.8. The van der Waals surface area contributed by atoms with Crippen LogP contribution in [0.2, 0.25) is 5.02 Å². The van der Waals surface area contributed by atoms with Crippen molar-refractivity contribution in [2.45, 2.75) is 13.3 Å². The van der Waals surface area contributed by atoms with E-state index in [2.05, 4.69) is 16.5 Å². The Morgan fingerprint density at radius 1 is 1.24 bits per heavy atom. The van der Waals surface area contributed by atoms with E-state index in [0.717, 1.165) is 34.7 Å². The molecule has 1 heterocycles. The van der Waals surface area contributed by atoms with E-state index in [4.69, 9.17) is 22.1 Å². The van der Waals surface area contributed by atoms with Gasteiger partial charge in [-0.3, -0.25) is 4.57 Å². The topological polar surface area (TPSA) is 53.1 Å². The van der Waals surface area contributed by atoms with Gasteiger partial charge in [0.2, 0.25) is 0 Å². The minimum absolute atomic E-state index is 0.654. The Hall–Kier alpha value is -2.20. The van der Waals surface area contributed by atoms with Crippen molar-refractivity contribution in [3.05, 3.63) is 47.2 Å². The Morgan fingerprint density at radius 2 is 2.05 bits per heavy atom. The summed E-state index contributed by atoms with van der Waals surface area (Å²) in [7, 11) is 1.64. The van der Waals surface area contributed by atoms with Crippen LogP contribution in [0, 0.1) is 0 Å². The summed E-state index contributed by atoms with van der Waals surface area (Å²) in [6.07, 6.45) is 0.794. The predicted molar refractivity (Wildman–Crippen MR) is 86.4 cm³/mol. The van der Waals surface area contributed by atoms with Crippen LogP contribution in [0.4, 0.5) is 5.69 Å². The van der Waals surface area contributed by atoms with Crippen molar-refractivity contribution >= 4 is 28.3 Å². The van der Waals surface area contributed by atoms with Gasteiger partial charge in [-0.2, -0.15) is 0 Å². The number of hydrogen-bond acceptors (Lipinski definition) is 3. The first-order valence-electron chi connectivity index (χ1n) is 6.74. The van der Waals surface area contributed by atoms with Crippen LogP contribution < -0.4 is 10.5 Å². The molecule has 3 aromatic rings. The largest absolute Gasteiger partial charge is 0.497 e. The van der Waals surface area contributed by atoms with Crippen LogP contribution in [-0.2, 0) is 6.42 Å². The van der Waals surface area contributed by atoms with E-state index < -0.39 is 0 Å². The van der Waals surface area contributed by atoms with Gasteiger partial charge in [0.05, 0.1) is 28.9 Å². The number of aromatic nitrogens is 2. The third-order valence-corrected chi connectivity index (χ3v) is 3.78. The average molecular weight is 302 g/mol. The van der Waals surface area contributed by atoms with Crippen molar-refractivity contribution < 1.29 is 4.74 Å². The maximum Gasteiger partial charge on any atom is 0.121 e. The number of nitrogens with zero attached hydrogens (tertiary/aromatic N) is 2. The molecule has 0 bridgehead atoms. The quantitative estimate of drug-likeness (QED) is 0.748. The van der Waals surface area contributed by atoms with E-state index >= 15 is 0 Å². The van der Waals surface area contributed by atoms with Gasteiger partial charge in [-0.25, -0.2) is 4.98 Å². The number of ether oxygens (including phenoxy) is 1. The Kier molecular flexibility index (Phi) is 3.47. The molecule has 0 saturated heterocycles. The van der Waals surface area contributed by atoms with Gasteiger partial charge in [0.25, 0.3) is 0 Å². The second kappa shape index (κ2) is 5.30. The smallest absolute Gasteiger partial charge is 0.121 e. The Balaban J connectivity index is 2.33. The maximum absolute atomic E-state index is 6.38. The lowest BCUT2D eigenvalue weighted by Crippen LogP contribution is -2.01. The van der Waals surface area contributed by atoms with Crippen molar-refractivity contribution in [3.8, 4) is 11.4 Å². The number of rotatable bonds is 3. The van der Waals surface area contributed by atoms with Crippen LogP contribution in [0.5, 0.6) is 5.75 Å². The minimum atomic E-state index is 0.654. The van der Waals surface area contributed by atoms with Gasteiger partial charge in [0, 0.05) is 18.2 Å². The number of fused-ring (bicyclic) bond motifs is 1. The molecule has 108 valence electrons. The molecular formula is C16H16ClN3O. The number of nitrogen functional groups attached to an aromatic ring is 1. The van der Waals surface area contributed by atoms with Crippen LogP contribution in [0.15, 0.2) is 36.4 Å². The number of imidazole rings is 1. The van der Waals surface area contributed by atoms with E-state index in [0.29, 0.717) is 10.7 Å². The SMILES string of the molecule is CCc1nc2cc(N)ccc2n1-c1cc(OC)ccc1Cl. The summed E-state index contributed by atoms with van der Waals surface area (Å²) in [5, 5.41) is 0.654. The lowest BCUT2D eigenvalue weighted by Gasteiger charge is -2.12. The molecule has 4 nitrogen and oxygen atoms in total. The van der Waals surface area contributed by atoms with E-state index in [1.54, 1.807) is 7.11 Å². The zero-order chi connectivity index (χ0) is 15.0. The number of anilines is 1. The molecule has 2 N–H and O–H groups in total. The second-order valence-electron chi connectivity index (χ2n) is 4.78. The molecule has 0 amide bonds. The van der Waals surface area contributed by atoms with Gasteiger partial charge < -0.3 is 10.5 Å². The van der Waals surface area contributed by atoms with Crippen LogP contribution >= 0.6 is 11.6 Å². The highest BCUT2D eigenvalue weighted by molar-refractivity contribution is 6.32. The Labute approximate surface area is 128 Å². The molecule has 0 fully saturated rings. The van der Waals surface area contributed by atoms with Crippen LogP contribution in [0.1, 0.15) is 12.7 Å². The first-order valence-corrected chi connectivity index (χ1v) is 7.12. The number of benzene rings is 2. The van der Waals surface area contributed by atoms with Crippen molar-refractivity contribution in [1.29, 1.82) is 0 Å². The highest BCUT2D eigenvalue weighted by Crippen LogP contribution is 2.30. The molecule has 1 aromatic heterocycles. The Bertz CT molecular complexity index is 811. The van der Waals surface area contributed by atoms with Gasteiger partial charge in [-0.1, -0.05) is 18.5 Å². The lowest BCUT2D eigenvalue weighted by atomic mass is 10.2. The molecule has 3 rings (SSSR count). The monoisotopic (exact) mass is 301 g/mol. The zero-order valence-electron chi connectivity index (χ0n) is 11.9. The summed E-state index contributed by atoms with van der Waals surface area (Å²) in [4.78, 5) is 4.65. The molecule has 0 spiro atoms. The van der Waals surface area contributed by atoms with E-state index in [1.165, 1.54) is 0 Å². The fourth-order valence-electron chi connectivity index (χ4n) is 2.44. The zero-order valence-corrected chi connectivity index (χ0v) is 12.7. The molecular weight excluding hydrogens is 286 g/mol. The van der Waals surface area contributed by atoms with Crippen molar-refractivity contribution in [1.82, 2.24) is 9.55 Å². The van der Waals surface area contributed by atoms with Gasteiger partial charge in [0.1, 0.15) is 11.6 Å². The third-order valence-electron chi connectivity index (χ3n) is 3.46. The Morgan fingerprint density at radius 3 is 2.76 bits per heavy atom. The van der Waals surface area contributed by atoms with Gasteiger partial charge >= 0.3 is 0 Å². The van der Waals surface area contributed by atoms with Crippen LogP contribution in [0.25, 0.3) is 16.7 Å². The number of hydrogen-bond donors (Lipinski definition) is 1. The first-order chi connectivity index (χ1) is 10.1. The molecule has 0 radical (unpaired) electrons. The second-order valence-corrected chi connectivity index (χ2v) is 5.19. The molecule has 0 atom stereocenters. The molecule has 0 aliphatic heterocycles. The highest BCUT2D eigenvalue weighted by Gasteiger charge is 2.14. The van der Waals surface area contributed by atoms with E-state index in [-0.39, 0.29) is 0 Å². The van der Waals surface area contributed by atoms with Crippen molar-refractivity contribution in [2.24, 2.45) is 0 Å². The summed E-state index contributed by atoms with van der Waals surface area (Å²) < 4.78 is 7.36. The van der Waals surface area contributed by atoms with Gasteiger partial charge in [-0.15, -0.1) is 0 Å². The van der Waals surface area contributed by atoms with Crippen molar-refractivity contribution in [3.63, 3.8) is 0 Å². The van der Waals surface area contributed by atoms with Crippen molar-refractivity contribution in [2.75, 3.05) is 12.8 Å². The normalized spacial score (nSPS) is 11.0. The fourth-order valence-corrected chi connectivity index (χ4v) is 2.65. The summed E-state index contributed by atoms with van der Waals surface area (Å²) in [6, 6.07) is 11.3. The molecule has 2 aromatic carbocycles. The number of halogens is 1. The van der Waals surface area contributed by atoms with Gasteiger partial charge in [0.15, 0.2) is 0 Å². The molecule has 0 aliphatic carbocycles. The molecule has 5 heteroatoms. The fraction of sp³-hybridized carbons (Fsp3) is 0.188. The summed E-state index contributed by atoms with van der Waals surface area (Å²) >= 11 is 6.38. The summed E-state index contributed by atoms with van der Waals surface area (Å²) in [6.45, 7) is 2.06. The third kappa shape index (κ3) is 2.32. The minimum Gasteiger partial charge on any atom is -0.497 e. The van der Waals surface area contributed by atoms with Gasteiger partial charge in [-0.05, 0) is 30.3 Å². The van der Waals surface area contributed by atoms with Crippen LogP contribution in [0.3, 0.4) is 0 Å². The number of methoxy groups -OCH3 is 1. The molecule has 0 saturated carbocycles. The molecule has 0 unspecified atom stereocenters. The average Bonchev–Trinajstić information content (AvgIpc) is 2.85. The lowest BCUT2D eigenvalue weighted by molar-refractivity contribution is 0.414. The van der Waals surface area contributed by atoms with E-state index in [1.807, 2.05) is 36.4 Å². The highest BCUT2D eigenvalue weighted by atomic mass is 35.5. The maximum atomic E-state index is 6.38. The van der Waals surface area contributed by atoms with Crippen LogP contribution in [-0.4, -0.2) is 16.7 Å². The van der Waals surface area contributed by atoms with E-state index in [9.17, 15) is 0 Å². The predicted octanol–water partition coefficient (Wildman–Crippen LogP) is 3.83. The molecule has 0 aliphatic rings. The summed E-state index contributed by atoms with van der Waals surface area (Å²) in [5.41, 5.74) is 9.25. The standard InChI is InChI=1S/C16H16ClN3O/c1-3-16-19-13-8-10(18)4-7-14(13)20(16)15-9-11(21-2)5-6-12(15)17/h4-9H,3,18H2,1-2H3. The summed E-state index contributed by atoms with van der Waals surface area (Å²) in [5.74, 6) is 1.69. The number of nitrogens with two attached hydrogens (primary N) is 1. The number of aryl methyl sites for hydroxylation is 1. The molecule has 21 heavy (non-hydrogen) atoms.